The van der Waals surface area contributed by atoms with Crippen molar-refractivity contribution in [3.63, 3.8) is 0 Å². The molecule has 1 aromatic rings. The third-order valence-electron chi connectivity index (χ3n) is 0.800. The van der Waals surface area contributed by atoms with Crippen LogP contribution in [0.5, 0.6) is 0 Å². The average Bonchev–Trinajstić information content (AvgIpc) is 2.03. The molecular formula is C8H11NO6. The van der Waals surface area contributed by atoms with E-state index in [0.29, 0.717) is 0 Å². The lowest BCUT2D eigenvalue weighted by Crippen LogP contribution is -1.81. The zero-order valence-electron chi connectivity index (χ0n) is 7.57. The van der Waals surface area contributed by atoms with Gasteiger partial charge in [-0.05, 0) is 12.1 Å². The van der Waals surface area contributed by atoms with Gasteiger partial charge in [0.25, 0.3) is 0 Å². The molecule has 0 saturated heterocycles. The molecule has 0 atom stereocenters. The van der Waals surface area contributed by atoms with Gasteiger partial charge in [-0.25, -0.2) is 9.59 Å². The largest absolute Gasteiger partial charge is 0.503 e. The van der Waals surface area contributed by atoms with E-state index in [2.05, 4.69) is 0 Å². The van der Waals surface area contributed by atoms with E-state index >= 15 is 0 Å². The highest BCUT2D eigenvalue weighted by Crippen LogP contribution is 1.95. The first kappa shape index (κ1) is 15.1. The van der Waals surface area contributed by atoms with Crippen LogP contribution in [0.2, 0.25) is 0 Å². The molecule has 0 saturated carbocycles. The summed E-state index contributed by atoms with van der Waals surface area (Å²) in [7, 11) is 0. The number of para-hydroxylation sites is 1. The molecule has 0 fully saturated rings. The lowest BCUT2D eigenvalue weighted by atomic mass is 10.3. The van der Waals surface area contributed by atoms with Crippen molar-refractivity contribution >= 4 is 18.0 Å². The summed E-state index contributed by atoms with van der Waals surface area (Å²) >= 11 is 0. The van der Waals surface area contributed by atoms with Gasteiger partial charge in [-0.3, -0.25) is 0 Å². The molecule has 15 heavy (non-hydrogen) atoms. The van der Waals surface area contributed by atoms with E-state index in [4.69, 9.17) is 35.7 Å². The van der Waals surface area contributed by atoms with Gasteiger partial charge in [0, 0.05) is 5.69 Å². The predicted octanol–water partition coefficient (Wildman–Crippen LogP) is 1.71. The van der Waals surface area contributed by atoms with Crippen LogP contribution in [-0.4, -0.2) is 32.7 Å². The summed E-state index contributed by atoms with van der Waals surface area (Å²) in [5, 5.41) is 27.9. The molecule has 1 aromatic carbocycles. The Hall–Kier alpha value is -2.44. The minimum atomic E-state index is -1.83. The van der Waals surface area contributed by atoms with Crippen LogP contribution in [0.1, 0.15) is 0 Å². The summed E-state index contributed by atoms with van der Waals surface area (Å²) in [6, 6.07) is 9.49. The van der Waals surface area contributed by atoms with Crippen molar-refractivity contribution in [3.05, 3.63) is 30.3 Å². The van der Waals surface area contributed by atoms with Crippen molar-refractivity contribution in [2.75, 3.05) is 5.73 Å². The number of carbonyl (C=O) groups is 2. The fourth-order valence-electron chi connectivity index (χ4n) is 0.453. The molecule has 0 heterocycles. The number of benzene rings is 1. The maximum absolute atomic E-state index is 8.56. The van der Waals surface area contributed by atoms with E-state index in [1.54, 1.807) is 0 Å². The summed E-state index contributed by atoms with van der Waals surface area (Å²) in [5.41, 5.74) is 6.18. The Morgan fingerprint density at radius 3 is 1.27 bits per heavy atom. The number of rotatable bonds is 0. The molecule has 0 unspecified atom stereocenters. The number of nitrogen functional groups attached to an aromatic ring is 1. The second-order valence-electron chi connectivity index (χ2n) is 1.98. The van der Waals surface area contributed by atoms with Crippen molar-refractivity contribution in [2.24, 2.45) is 0 Å². The topological polar surface area (TPSA) is 141 Å². The van der Waals surface area contributed by atoms with Crippen LogP contribution in [-0.2, 0) is 0 Å². The summed E-state index contributed by atoms with van der Waals surface area (Å²) in [6.45, 7) is 0. The van der Waals surface area contributed by atoms with Crippen LogP contribution in [0.15, 0.2) is 30.3 Å². The Morgan fingerprint density at radius 2 is 1.13 bits per heavy atom. The van der Waals surface area contributed by atoms with Gasteiger partial charge in [0.1, 0.15) is 0 Å². The third kappa shape index (κ3) is 34.2. The maximum atomic E-state index is 8.56. The molecule has 7 nitrogen and oxygen atoms in total. The van der Waals surface area contributed by atoms with Crippen LogP contribution in [0.25, 0.3) is 0 Å². The van der Waals surface area contributed by atoms with E-state index < -0.39 is 12.3 Å². The van der Waals surface area contributed by atoms with Gasteiger partial charge in [0.05, 0.1) is 0 Å². The van der Waals surface area contributed by atoms with Crippen LogP contribution in [0.4, 0.5) is 15.3 Å². The Morgan fingerprint density at radius 1 is 0.867 bits per heavy atom. The van der Waals surface area contributed by atoms with Crippen LogP contribution in [0.3, 0.4) is 0 Å². The van der Waals surface area contributed by atoms with Gasteiger partial charge < -0.3 is 26.2 Å². The second-order valence-corrected chi connectivity index (χ2v) is 1.98. The minimum Gasteiger partial charge on any atom is -0.450 e. The Kier molecular flexibility index (Phi) is 9.68. The molecule has 0 amide bonds. The summed E-state index contributed by atoms with van der Waals surface area (Å²) in [6.07, 6.45) is -3.67. The van der Waals surface area contributed by atoms with Crippen molar-refractivity contribution < 1.29 is 30.0 Å². The number of carboxylic acid groups (broad SMARTS) is 4. The van der Waals surface area contributed by atoms with E-state index in [-0.39, 0.29) is 0 Å². The van der Waals surface area contributed by atoms with E-state index in [9.17, 15) is 0 Å². The third-order valence-corrected chi connectivity index (χ3v) is 0.800. The summed E-state index contributed by atoms with van der Waals surface area (Å²) in [4.78, 5) is 17.1. The van der Waals surface area contributed by atoms with Gasteiger partial charge in [0.2, 0.25) is 0 Å². The van der Waals surface area contributed by atoms with Crippen molar-refractivity contribution in [2.45, 2.75) is 0 Å². The molecule has 0 aliphatic carbocycles. The first-order chi connectivity index (χ1) is 6.86. The molecule has 1 rings (SSSR count). The Balaban J connectivity index is 0. The van der Waals surface area contributed by atoms with Crippen LogP contribution in [0, 0.1) is 0 Å². The van der Waals surface area contributed by atoms with E-state index in [1.165, 1.54) is 0 Å². The number of anilines is 1. The molecule has 0 spiro atoms. The van der Waals surface area contributed by atoms with Crippen LogP contribution < -0.4 is 5.73 Å². The molecule has 0 aliphatic rings. The Labute approximate surface area is 85.0 Å². The molecular weight excluding hydrogens is 206 g/mol. The van der Waals surface area contributed by atoms with Gasteiger partial charge >= 0.3 is 12.3 Å². The first-order valence-electron chi connectivity index (χ1n) is 3.50. The van der Waals surface area contributed by atoms with Gasteiger partial charge in [0.15, 0.2) is 0 Å². The molecule has 0 aliphatic heterocycles. The highest BCUT2D eigenvalue weighted by molar-refractivity contribution is 5.53. The van der Waals surface area contributed by atoms with Gasteiger partial charge in [-0.2, -0.15) is 0 Å². The monoisotopic (exact) mass is 217 g/mol. The fraction of sp³-hybridized carbons (Fsp3) is 0. The minimum absolute atomic E-state index is 0.822. The highest BCUT2D eigenvalue weighted by atomic mass is 16.6. The van der Waals surface area contributed by atoms with Crippen molar-refractivity contribution in [1.29, 1.82) is 0 Å². The number of hydrogen-bond acceptors (Lipinski definition) is 3. The van der Waals surface area contributed by atoms with E-state index in [1.807, 2.05) is 30.3 Å². The number of hydrogen-bond donors (Lipinski definition) is 5. The van der Waals surface area contributed by atoms with Gasteiger partial charge in [-0.1, -0.05) is 18.2 Å². The lowest BCUT2D eigenvalue weighted by molar-refractivity contribution is 0.135. The van der Waals surface area contributed by atoms with Gasteiger partial charge in [-0.15, -0.1) is 0 Å². The maximum Gasteiger partial charge on any atom is 0.503 e. The molecule has 0 aromatic heterocycles. The van der Waals surface area contributed by atoms with Crippen molar-refractivity contribution in [1.82, 2.24) is 0 Å². The zero-order chi connectivity index (χ0) is 12.3. The van der Waals surface area contributed by atoms with E-state index in [0.717, 1.165) is 5.69 Å². The number of nitrogens with two attached hydrogens (primary N) is 1. The smallest absolute Gasteiger partial charge is 0.450 e. The molecule has 0 bridgehead atoms. The second kappa shape index (κ2) is 9.65. The summed E-state index contributed by atoms with van der Waals surface area (Å²) in [5.74, 6) is 0. The molecule has 0 radical (unpaired) electrons. The Bertz CT molecular complexity index is 266. The average molecular weight is 217 g/mol. The quantitative estimate of drug-likeness (QED) is 0.416. The SMILES string of the molecule is Nc1ccccc1.O=C(O)O.O=C(O)O. The highest BCUT2D eigenvalue weighted by Gasteiger charge is 1.72. The fourth-order valence-corrected chi connectivity index (χ4v) is 0.453. The first-order valence-corrected chi connectivity index (χ1v) is 3.50. The standard InChI is InChI=1S/C6H7N.2CH2O3/c7-6-4-2-1-3-5-6;2*2-1(3)4/h1-5H,7H2;2*(H2,2,3,4). The molecule has 7 heteroatoms. The van der Waals surface area contributed by atoms with Crippen molar-refractivity contribution in [3.8, 4) is 0 Å². The normalized spacial score (nSPS) is 7.20. The lowest BCUT2D eigenvalue weighted by Gasteiger charge is -1.83. The zero-order valence-corrected chi connectivity index (χ0v) is 7.57. The van der Waals surface area contributed by atoms with Crippen LogP contribution >= 0.6 is 0 Å². The molecule has 6 N–H and O–H groups in total. The predicted molar refractivity (Wildman–Crippen MR) is 52.2 cm³/mol. The molecule has 84 valence electrons. The summed E-state index contributed by atoms with van der Waals surface area (Å²) < 4.78 is 0.